The zero-order chi connectivity index (χ0) is 14.5. The second-order valence-corrected chi connectivity index (χ2v) is 4.53. The SMILES string of the molecule is CNC(Cc1ccc(F)cc1)c1c(F)cccc1OC. The first-order chi connectivity index (χ1) is 9.65. The van der Waals surface area contributed by atoms with Gasteiger partial charge in [-0.3, -0.25) is 0 Å². The van der Waals surface area contributed by atoms with E-state index in [9.17, 15) is 8.78 Å². The number of likely N-dealkylation sites (N-methyl/N-ethyl adjacent to an activating group) is 1. The molecule has 1 N–H and O–H groups in total. The van der Waals surface area contributed by atoms with Gasteiger partial charge in [0.2, 0.25) is 0 Å². The molecule has 0 saturated carbocycles. The van der Waals surface area contributed by atoms with E-state index in [4.69, 9.17) is 4.74 Å². The van der Waals surface area contributed by atoms with E-state index in [0.717, 1.165) is 5.56 Å². The van der Waals surface area contributed by atoms with Gasteiger partial charge < -0.3 is 10.1 Å². The molecule has 2 rings (SSSR count). The first kappa shape index (κ1) is 14.5. The van der Waals surface area contributed by atoms with Crippen molar-refractivity contribution < 1.29 is 13.5 Å². The third-order valence-corrected chi connectivity index (χ3v) is 3.28. The van der Waals surface area contributed by atoms with Gasteiger partial charge in [0.1, 0.15) is 17.4 Å². The van der Waals surface area contributed by atoms with Crippen LogP contribution in [0.1, 0.15) is 17.2 Å². The van der Waals surface area contributed by atoms with Crippen molar-refractivity contribution in [3.63, 3.8) is 0 Å². The first-order valence-electron chi connectivity index (χ1n) is 6.39. The molecule has 0 bridgehead atoms. The summed E-state index contributed by atoms with van der Waals surface area (Å²) in [5.74, 6) is -0.0875. The quantitative estimate of drug-likeness (QED) is 0.903. The third kappa shape index (κ3) is 3.14. The van der Waals surface area contributed by atoms with Crippen LogP contribution in [-0.2, 0) is 6.42 Å². The zero-order valence-electron chi connectivity index (χ0n) is 11.5. The van der Waals surface area contributed by atoms with Crippen LogP contribution >= 0.6 is 0 Å². The van der Waals surface area contributed by atoms with E-state index >= 15 is 0 Å². The Kier molecular flexibility index (Phi) is 4.69. The lowest BCUT2D eigenvalue weighted by Gasteiger charge is -2.20. The van der Waals surface area contributed by atoms with Crippen LogP contribution < -0.4 is 10.1 Å². The van der Waals surface area contributed by atoms with Gasteiger partial charge in [0.25, 0.3) is 0 Å². The minimum Gasteiger partial charge on any atom is -0.496 e. The first-order valence-corrected chi connectivity index (χ1v) is 6.39. The molecule has 2 aromatic carbocycles. The zero-order valence-corrected chi connectivity index (χ0v) is 11.5. The van der Waals surface area contributed by atoms with Crippen LogP contribution in [0.25, 0.3) is 0 Å². The number of halogens is 2. The summed E-state index contributed by atoms with van der Waals surface area (Å²) in [6.45, 7) is 0. The highest BCUT2D eigenvalue weighted by Crippen LogP contribution is 2.29. The van der Waals surface area contributed by atoms with E-state index in [1.165, 1.54) is 25.3 Å². The maximum atomic E-state index is 14.1. The summed E-state index contributed by atoms with van der Waals surface area (Å²) in [6.07, 6.45) is 0.550. The monoisotopic (exact) mass is 277 g/mol. The Morgan fingerprint density at radius 1 is 1.10 bits per heavy atom. The van der Waals surface area contributed by atoms with Crippen molar-refractivity contribution >= 4 is 0 Å². The molecule has 0 fully saturated rings. The molecule has 0 spiro atoms. The summed E-state index contributed by atoms with van der Waals surface area (Å²) in [5, 5.41) is 3.08. The minimum absolute atomic E-state index is 0.239. The Labute approximate surface area is 117 Å². The fraction of sp³-hybridized carbons (Fsp3) is 0.250. The molecule has 0 aliphatic heterocycles. The molecule has 0 aromatic heterocycles. The van der Waals surface area contributed by atoms with Gasteiger partial charge in [-0.2, -0.15) is 0 Å². The summed E-state index contributed by atoms with van der Waals surface area (Å²) in [7, 11) is 3.28. The summed E-state index contributed by atoms with van der Waals surface area (Å²) in [5.41, 5.74) is 1.41. The number of nitrogens with one attached hydrogen (secondary N) is 1. The van der Waals surface area contributed by atoms with Gasteiger partial charge in [0, 0.05) is 11.6 Å². The molecule has 0 radical (unpaired) electrons. The lowest BCUT2D eigenvalue weighted by atomic mass is 9.97. The van der Waals surface area contributed by atoms with Gasteiger partial charge in [0.05, 0.1) is 7.11 Å². The van der Waals surface area contributed by atoms with Gasteiger partial charge in [-0.05, 0) is 43.3 Å². The van der Waals surface area contributed by atoms with Crippen molar-refractivity contribution in [2.75, 3.05) is 14.2 Å². The number of ether oxygens (including phenoxy) is 1. The molecule has 0 amide bonds. The number of rotatable bonds is 5. The molecule has 4 heteroatoms. The summed E-state index contributed by atoms with van der Waals surface area (Å²) < 4.78 is 32.2. The van der Waals surface area contributed by atoms with Crippen molar-refractivity contribution in [3.8, 4) is 5.75 Å². The number of hydrogen-bond donors (Lipinski definition) is 1. The Bertz CT molecular complexity index is 569. The molecule has 0 saturated heterocycles. The minimum atomic E-state index is -0.314. The predicted octanol–water partition coefficient (Wildman–Crippen LogP) is 3.48. The second kappa shape index (κ2) is 6.48. The van der Waals surface area contributed by atoms with Crippen LogP contribution in [0.2, 0.25) is 0 Å². The van der Waals surface area contributed by atoms with E-state index in [2.05, 4.69) is 5.32 Å². The lowest BCUT2D eigenvalue weighted by Crippen LogP contribution is -2.21. The smallest absolute Gasteiger partial charge is 0.131 e. The normalized spacial score (nSPS) is 12.2. The third-order valence-electron chi connectivity index (χ3n) is 3.28. The molecule has 0 aliphatic rings. The molecular formula is C16H17F2NO. The molecule has 20 heavy (non-hydrogen) atoms. The van der Waals surface area contributed by atoms with Crippen LogP contribution in [0.4, 0.5) is 8.78 Å². The van der Waals surface area contributed by atoms with Crippen molar-refractivity contribution in [1.29, 1.82) is 0 Å². The van der Waals surface area contributed by atoms with Gasteiger partial charge in [-0.25, -0.2) is 8.78 Å². The molecule has 106 valence electrons. The van der Waals surface area contributed by atoms with E-state index in [-0.39, 0.29) is 17.7 Å². The molecule has 0 aliphatic carbocycles. The van der Waals surface area contributed by atoms with E-state index in [1.807, 2.05) is 0 Å². The Balaban J connectivity index is 2.31. The van der Waals surface area contributed by atoms with Crippen LogP contribution in [0.5, 0.6) is 5.75 Å². The summed E-state index contributed by atoms with van der Waals surface area (Å²) in [4.78, 5) is 0. The van der Waals surface area contributed by atoms with Crippen LogP contribution in [0.3, 0.4) is 0 Å². The van der Waals surface area contributed by atoms with Crippen LogP contribution in [0, 0.1) is 11.6 Å². The van der Waals surface area contributed by atoms with Crippen molar-refractivity contribution in [2.45, 2.75) is 12.5 Å². The van der Waals surface area contributed by atoms with Gasteiger partial charge in [-0.15, -0.1) is 0 Å². The second-order valence-electron chi connectivity index (χ2n) is 4.53. The average Bonchev–Trinajstić information content (AvgIpc) is 2.47. The predicted molar refractivity (Wildman–Crippen MR) is 74.9 cm³/mol. The van der Waals surface area contributed by atoms with Crippen molar-refractivity contribution in [1.82, 2.24) is 5.32 Å². The topological polar surface area (TPSA) is 21.3 Å². The van der Waals surface area contributed by atoms with E-state index in [1.54, 1.807) is 31.3 Å². The highest BCUT2D eigenvalue weighted by atomic mass is 19.1. The van der Waals surface area contributed by atoms with Gasteiger partial charge >= 0.3 is 0 Å². The van der Waals surface area contributed by atoms with Crippen LogP contribution in [-0.4, -0.2) is 14.2 Å². The summed E-state index contributed by atoms with van der Waals surface area (Å²) >= 11 is 0. The number of hydrogen-bond acceptors (Lipinski definition) is 2. The molecule has 0 heterocycles. The van der Waals surface area contributed by atoms with E-state index in [0.29, 0.717) is 17.7 Å². The van der Waals surface area contributed by atoms with Crippen molar-refractivity contribution in [2.24, 2.45) is 0 Å². The summed E-state index contributed by atoms with van der Waals surface area (Å²) in [6, 6.07) is 10.7. The van der Waals surface area contributed by atoms with Gasteiger partial charge in [0.15, 0.2) is 0 Å². The average molecular weight is 277 g/mol. The molecular weight excluding hydrogens is 260 g/mol. The highest BCUT2D eigenvalue weighted by molar-refractivity contribution is 5.38. The Morgan fingerprint density at radius 3 is 2.40 bits per heavy atom. The maximum absolute atomic E-state index is 14.1. The number of benzene rings is 2. The fourth-order valence-electron chi connectivity index (χ4n) is 2.24. The fourth-order valence-corrected chi connectivity index (χ4v) is 2.24. The largest absolute Gasteiger partial charge is 0.496 e. The van der Waals surface area contributed by atoms with Gasteiger partial charge in [-0.1, -0.05) is 18.2 Å². The van der Waals surface area contributed by atoms with Crippen molar-refractivity contribution in [3.05, 3.63) is 65.2 Å². The van der Waals surface area contributed by atoms with E-state index < -0.39 is 0 Å². The lowest BCUT2D eigenvalue weighted by molar-refractivity contribution is 0.393. The Morgan fingerprint density at radius 2 is 1.80 bits per heavy atom. The maximum Gasteiger partial charge on any atom is 0.131 e. The molecule has 2 aromatic rings. The molecule has 1 unspecified atom stereocenters. The number of methoxy groups -OCH3 is 1. The standard InChI is InChI=1S/C16H17F2NO/c1-19-14(10-11-6-8-12(17)9-7-11)16-13(18)4-3-5-15(16)20-2/h3-9,14,19H,10H2,1-2H3. The highest BCUT2D eigenvalue weighted by Gasteiger charge is 2.19. The molecule has 1 atom stereocenters. The molecule has 2 nitrogen and oxygen atoms in total. The van der Waals surface area contributed by atoms with Crippen LogP contribution in [0.15, 0.2) is 42.5 Å². The Hall–Kier alpha value is -1.94.